The van der Waals surface area contributed by atoms with E-state index in [0.29, 0.717) is 5.88 Å². The highest BCUT2D eigenvalue weighted by molar-refractivity contribution is 6.18. The van der Waals surface area contributed by atoms with Crippen LogP contribution in [0.4, 0.5) is 0 Å². The van der Waals surface area contributed by atoms with Crippen LogP contribution in [0.5, 0.6) is 0 Å². The number of fused-ring (bicyclic) bond motifs is 1. The van der Waals surface area contributed by atoms with Crippen molar-refractivity contribution >= 4 is 22.5 Å². The first-order valence-corrected chi connectivity index (χ1v) is 5.19. The van der Waals surface area contributed by atoms with E-state index in [-0.39, 0.29) is 6.04 Å². The summed E-state index contributed by atoms with van der Waals surface area (Å²) >= 11 is 5.88. The molecule has 14 heavy (non-hydrogen) atoms. The van der Waals surface area contributed by atoms with Gasteiger partial charge in [0.2, 0.25) is 0 Å². The first-order valence-electron chi connectivity index (χ1n) is 4.66. The molecule has 0 spiro atoms. The molecular formula is C11H13ClN2. The third kappa shape index (κ3) is 1.51. The Morgan fingerprint density at radius 2 is 2.21 bits per heavy atom. The van der Waals surface area contributed by atoms with Crippen molar-refractivity contribution in [1.29, 1.82) is 0 Å². The summed E-state index contributed by atoms with van der Waals surface area (Å²) in [7, 11) is 1.93. The number of halogens is 1. The van der Waals surface area contributed by atoms with Crippen LogP contribution in [-0.4, -0.2) is 17.9 Å². The second kappa shape index (κ2) is 4.03. The Kier molecular flexibility index (Phi) is 2.75. The molecule has 2 aromatic rings. The Balaban J connectivity index is 2.51. The van der Waals surface area contributed by atoms with Crippen LogP contribution in [0.3, 0.4) is 0 Å². The molecule has 0 radical (unpaired) electrons. The molecule has 2 N–H and O–H groups in total. The molecule has 2 rings (SSSR count). The van der Waals surface area contributed by atoms with Crippen molar-refractivity contribution in [3.63, 3.8) is 0 Å². The molecule has 3 heteroatoms. The van der Waals surface area contributed by atoms with Gasteiger partial charge in [0.15, 0.2) is 0 Å². The van der Waals surface area contributed by atoms with Crippen LogP contribution in [0.15, 0.2) is 30.5 Å². The SMILES string of the molecule is CNC(CCl)c1c[nH]c2ccccc12. The number of H-pyrrole nitrogens is 1. The number of aromatic amines is 1. The Morgan fingerprint density at radius 1 is 1.43 bits per heavy atom. The highest BCUT2D eigenvalue weighted by atomic mass is 35.5. The summed E-state index contributed by atoms with van der Waals surface area (Å²) in [5.74, 6) is 0.582. The number of rotatable bonds is 3. The molecule has 0 amide bonds. The molecule has 0 saturated heterocycles. The second-order valence-electron chi connectivity index (χ2n) is 3.29. The molecule has 2 nitrogen and oxygen atoms in total. The van der Waals surface area contributed by atoms with Gasteiger partial charge < -0.3 is 10.3 Å². The van der Waals surface area contributed by atoms with Gasteiger partial charge in [-0.15, -0.1) is 11.6 Å². The maximum absolute atomic E-state index is 5.88. The molecule has 1 unspecified atom stereocenters. The second-order valence-corrected chi connectivity index (χ2v) is 3.59. The monoisotopic (exact) mass is 208 g/mol. The van der Waals surface area contributed by atoms with Crippen molar-refractivity contribution in [2.45, 2.75) is 6.04 Å². The molecule has 0 aliphatic rings. The predicted octanol–water partition coefficient (Wildman–Crippen LogP) is 2.67. The number of aromatic nitrogens is 1. The Labute approximate surface area is 88.3 Å². The van der Waals surface area contributed by atoms with Gasteiger partial charge in [-0.3, -0.25) is 0 Å². The molecule has 0 bridgehead atoms. The van der Waals surface area contributed by atoms with E-state index >= 15 is 0 Å². The van der Waals surface area contributed by atoms with Crippen LogP contribution in [0.2, 0.25) is 0 Å². The fraction of sp³-hybridized carbons (Fsp3) is 0.273. The van der Waals surface area contributed by atoms with Crippen LogP contribution in [0.25, 0.3) is 10.9 Å². The first kappa shape index (κ1) is 9.56. The lowest BCUT2D eigenvalue weighted by Gasteiger charge is -2.11. The first-order chi connectivity index (χ1) is 6.86. The van der Waals surface area contributed by atoms with E-state index < -0.39 is 0 Å². The number of nitrogens with one attached hydrogen (secondary N) is 2. The van der Waals surface area contributed by atoms with Gasteiger partial charge in [-0.2, -0.15) is 0 Å². The van der Waals surface area contributed by atoms with Gasteiger partial charge in [0.05, 0.1) is 0 Å². The summed E-state index contributed by atoms with van der Waals surface area (Å²) < 4.78 is 0. The van der Waals surface area contributed by atoms with Crippen LogP contribution < -0.4 is 5.32 Å². The zero-order valence-electron chi connectivity index (χ0n) is 8.05. The van der Waals surface area contributed by atoms with Gasteiger partial charge in [0.25, 0.3) is 0 Å². The smallest absolute Gasteiger partial charge is 0.0476 e. The number of benzene rings is 1. The van der Waals surface area contributed by atoms with Crippen LogP contribution >= 0.6 is 11.6 Å². The number of para-hydroxylation sites is 1. The summed E-state index contributed by atoms with van der Waals surface area (Å²) in [6, 6.07) is 8.46. The van der Waals surface area contributed by atoms with E-state index in [0.717, 1.165) is 5.52 Å². The molecule has 0 aliphatic heterocycles. The summed E-state index contributed by atoms with van der Waals surface area (Å²) in [4.78, 5) is 3.24. The highest BCUT2D eigenvalue weighted by Gasteiger charge is 2.11. The lowest BCUT2D eigenvalue weighted by molar-refractivity contribution is 0.663. The zero-order chi connectivity index (χ0) is 9.97. The van der Waals surface area contributed by atoms with Gasteiger partial charge in [-0.1, -0.05) is 18.2 Å². The van der Waals surface area contributed by atoms with E-state index in [9.17, 15) is 0 Å². The predicted molar refractivity (Wildman–Crippen MR) is 60.8 cm³/mol. The van der Waals surface area contributed by atoms with Gasteiger partial charge in [0.1, 0.15) is 0 Å². The van der Waals surface area contributed by atoms with Crippen molar-refractivity contribution in [1.82, 2.24) is 10.3 Å². The van der Waals surface area contributed by atoms with Crippen LogP contribution in [-0.2, 0) is 0 Å². The van der Waals surface area contributed by atoms with Crippen LogP contribution in [0.1, 0.15) is 11.6 Å². The molecule has 1 aromatic heterocycles. The Hall–Kier alpha value is -0.990. The largest absolute Gasteiger partial charge is 0.361 e. The summed E-state index contributed by atoms with van der Waals surface area (Å²) in [5, 5.41) is 4.44. The number of hydrogen-bond donors (Lipinski definition) is 2. The molecule has 0 aliphatic carbocycles. The van der Waals surface area contributed by atoms with E-state index in [1.807, 2.05) is 25.4 Å². The van der Waals surface area contributed by atoms with Gasteiger partial charge in [-0.25, -0.2) is 0 Å². The van der Waals surface area contributed by atoms with E-state index in [1.54, 1.807) is 0 Å². The van der Waals surface area contributed by atoms with Gasteiger partial charge >= 0.3 is 0 Å². The molecule has 1 heterocycles. The molecule has 1 atom stereocenters. The standard InChI is InChI=1S/C11H13ClN2/c1-13-11(6-12)9-7-14-10-5-3-2-4-8(9)10/h2-5,7,11,13-14H,6H2,1H3. The summed E-state index contributed by atoms with van der Waals surface area (Å²) in [6.07, 6.45) is 2.02. The minimum absolute atomic E-state index is 0.216. The summed E-state index contributed by atoms with van der Waals surface area (Å²) in [6.45, 7) is 0. The fourth-order valence-electron chi connectivity index (χ4n) is 1.70. The maximum Gasteiger partial charge on any atom is 0.0476 e. The normalized spacial score (nSPS) is 13.3. The molecule has 1 aromatic carbocycles. The van der Waals surface area contributed by atoms with E-state index in [1.165, 1.54) is 10.9 Å². The topological polar surface area (TPSA) is 27.8 Å². The minimum atomic E-state index is 0.216. The fourth-order valence-corrected chi connectivity index (χ4v) is 2.02. The van der Waals surface area contributed by atoms with Gasteiger partial charge in [-0.05, 0) is 18.7 Å². The molecule has 0 fully saturated rings. The highest BCUT2D eigenvalue weighted by Crippen LogP contribution is 2.24. The average molecular weight is 209 g/mol. The number of alkyl halides is 1. The van der Waals surface area contributed by atoms with Crippen molar-refractivity contribution in [3.8, 4) is 0 Å². The van der Waals surface area contributed by atoms with Crippen molar-refractivity contribution in [2.75, 3.05) is 12.9 Å². The molecular weight excluding hydrogens is 196 g/mol. The number of hydrogen-bond acceptors (Lipinski definition) is 1. The Bertz CT molecular complexity index is 418. The maximum atomic E-state index is 5.88. The van der Waals surface area contributed by atoms with Crippen molar-refractivity contribution in [2.24, 2.45) is 0 Å². The van der Waals surface area contributed by atoms with Gasteiger partial charge in [0, 0.05) is 29.0 Å². The van der Waals surface area contributed by atoms with E-state index in [4.69, 9.17) is 11.6 Å². The summed E-state index contributed by atoms with van der Waals surface area (Å²) in [5.41, 5.74) is 2.39. The third-order valence-corrected chi connectivity index (χ3v) is 2.81. The average Bonchev–Trinajstić information content (AvgIpc) is 2.65. The third-order valence-electron chi connectivity index (χ3n) is 2.50. The Morgan fingerprint density at radius 3 is 2.93 bits per heavy atom. The molecule has 0 saturated carbocycles. The molecule has 74 valence electrons. The van der Waals surface area contributed by atoms with Crippen molar-refractivity contribution < 1.29 is 0 Å². The van der Waals surface area contributed by atoms with Crippen molar-refractivity contribution in [3.05, 3.63) is 36.0 Å². The quantitative estimate of drug-likeness (QED) is 0.746. The van der Waals surface area contributed by atoms with Crippen LogP contribution in [0, 0.1) is 0 Å². The minimum Gasteiger partial charge on any atom is -0.361 e. The zero-order valence-corrected chi connectivity index (χ0v) is 8.81. The lowest BCUT2D eigenvalue weighted by atomic mass is 10.1. The lowest BCUT2D eigenvalue weighted by Crippen LogP contribution is -2.17. The van der Waals surface area contributed by atoms with E-state index in [2.05, 4.69) is 22.4 Å².